The summed E-state index contributed by atoms with van der Waals surface area (Å²) in [7, 11) is 0. The fraction of sp³-hybridized carbons (Fsp3) is 0.333. The van der Waals surface area contributed by atoms with Crippen LogP contribution >= 0.6 is 0 Å². The van der Waals surface area contributed by atoms with Crippen LogP contribution in [0.3, 0.4) is 0 Å². The van der Waals surface area contributed by atoms with Gasteiger partial charge in [-0.05, 0) is 25.1 Å². The average molecular weight is 394 g/mol. The molecule has 150 valence electrons. The van der Waals surface area contributed by atoms with E-state index in [1.54, 1.807) is 39.9 Å². The summed E-state index contributed by atoms with van der Waals surface area (Å²) >= 11 is 0. The summed E-state index contributed by atoms with van der Waals surface area (Å²) in [6.07, 6.45) is -1.01. The molecule has 8 heteroatoms. The van der Waals surface area contributed by atoms with Crippen molar-refractivity contribution < 1.29 is 19.1 Å². The Morgan fingerprint density at radius 2 is 1.90 bits per heavy atom. The minimum absolute atomic E-state index is 0.245. The average Bonchev–Trinajstić information content (AvgIpc) is 3.20. The van der Waals surface area contributed by atoms with Crippen molar-refractivity contribution in [2.45, 2.75) is 19.6 Å². The van der Waals surface area contributed by atoms with Gasteiger partial charge in [-0.15, -0.1) is 5.10 Å². The first-order valence-corrected chi connectivity index (χ1v) is 9.63. The molecule has 0 bridgehead atoms. The monoisotopic (exact) mass is 394 g/mol. The van der Waals surface area contributed by atoms with Gasteiger partial charge in [0.2, 0.25) is 6.10 Å². The predicted molar refractivity (Wildman–Crippen MR) is 105 cm³/mol. The molecule has 1 aliphatic heterocycles. The second-order valence-corrected chi connectivity index (χ2v) is 6.74. The summed E-state index contributed by atoms with van der Waals surface area (Å²) in [6.45, 7) is 4.57. The van der Waals surface area contributed by atoms with Crippen LogP contribution in [0.4, 0.5) is 0 Å². The number of hydrogen-bond acceptors (Lipinski definition) is 6. The van der Waals surface area contributed by atoms with Gasteiger partial charge in [0.25, 0.3) is 5.91 Å². The SMILES string of the molecule is CCn1nnc2cc(C(=O)O[C@@H](C(=O)N3CCOCC3)c3ccccc3)ccc21. The van der Waals surface area contributed by atoms with Gasteiger partial charge in [-0.2, -0.15) is 0 Å². The van der Waals surface area contributed by atoms with E-state index in [9.17, 15) is 9.59 Å². The number of ether oxygens (including phenoxy) is 2. The van der Waals surface area contributed by atoms with Crippen LogP contribution in [0, 0.1) is 0 Å². The number of esters is 1. The standard InChI is InChI=1S/C21H22N4O4/c1-2-25-18-9-8-16(14-17(18)22-23-25)21(27)29-19(15-6-4-3-5-7-15)20(26)24-10-12-28-13-11-24/h3-9,14,19H,2,10-13H2,1H3/t19-/m1/s1. The molecule has 8 nitrogen and oxygen atoms in total. The Morgan fingerprint density at radius 1 is 1.14 bits per heavy atom. The third-order valence-electron chi connectivity index (χ3n) is 4.92. The quantitative estimate of drug-likeness (QED) is 0.617. The number of amides is 1. The summed E-state index contributed by atoms with van der Waals surface area (Å²) < 4.78 is 12.8. The van der Waals surface area contributed by atoms with Crippen molar-refractivity contribution in [1.29, 1.82) is 0 Å². The topological polar surface area (TPSA) is 86.6 Å². The lowest BCUT2D eigenvalue weighted by Crippen LogP contribution is -2.44. The summed E-state index contributed by atoms with van der Waals surface area (Å²) in [4.78, 5) is 27.6. The number of rotatable bonds is 5. The molecule has 0 N–H and O–H groups in total. The van der Waals surface area contributed by atoms with Gasteiger partial charge in [0.05, 0.1) is 24.3 Å². The van der Waals surface area contributed by atoms with Crippen molar-refractivity contribution in [1.82, 2.24) is 19.9 Å². The van der Waals surface area contributed by atoms with E-state index < -0.39 is 12.1 Å². The van der Waals surface area contributed by atoms with Gasteiger partial charge < -0.3 is 14.4 Å². The summed E-state index contributed by atoms with van der Waals surface area (Å²) in [5, 5.41) is 8.15. The number of hydrogen-bond donors (Lipinski definition) is 0. The normalized spacial score (nSPS) is 15.3. The number of nitrogens with zero attached hydrogens (tertiary/aromatic N) is 4. The number of carbonyl (C=O) groups excluding carboxylic acids is 2. The van der Waals surface area contributed by atoms with Gasteiger partial charge >= 0.3 is 5.97 Å². The Bertz CT molecular complexity index is 1010. The Kier molecular flexibility index (Phi) is 5.53. The molecule has 1 amide bonds. The van der Waals surface area contributed by atoms with Gasteiger partial charge in [0, 0.05) is 25.2 Å². The number of benzene rings is 2. The Hall–Kier alpha value is -3.26. The first-order valence-electron chi connectivity index (χ1n) is 9.63. The summed E-state index contributed by atoms with van der Waals surface area (Å²) in [5.74, 6) is -0.820. The van der Waals surface area contributed by atoms with E-state index in [0.717, 1.165) is 5.52 Å². The van der Waals surface area contributed by atoms with Crippen molar-refractivity contribution in [3.05, 3.63) is 59.7 Å². The molecular weight excluding hydrogens is 372 g/mol. The first-order chi connectivity index (χ1) is 14.2. The molecule has 0 unspecified atom stereocenters. The second-order valence-electron chi connectivity index (χ2n) is 6.74. The molecule has 0 radical (unpaired) electrons. The third kappa shape index (κ3) is 3.97. The molecule has 0 aliphatic carbocycles. The van der Waals surface area contributed by atoms with E-state index in [1.807, 2.05) is 25.1 Å². The summed E-state index contributed by atoms with van der Waals surface area (Å²) in [5.41, 5.74) is 2.41. The van der Waals surface area contributed by atoms with Crippen LogP contribution in [-0.2, 0) is 20.8 Å². The highest BCUT2D eigenvalue weighted by molar-refractivity contribution is 5.95. The molecule has 4 rings (SSSR count). The van der Waals surface area contributed by atoms with E-state index in [1.165, 1.54) is 0 Å². The lowest BCUT2D eigenvalue weighted by atomic mass is 10.1. The van der Waals surface area contributed by atoms with Crippen molar-refractivity contribution in [2.75, 3.05) is 26.3 Å². The van der Waals surface area contributed by atoms with Crippen LogP contribution in [0.2, 0.25) is 0 Å². The minimum Gasteiger partial charge on any atom is -0.444 e. The molecule has 29 heavy (non-hydrogen) atoms. The fourth-order valence-electron chi connectivity index (χ4n) is 3.35. The van der Waals surface area contributed by atoms with E-state index in [4.69, 9.17) is 9.47 Å². The molecule has 2 aromatic carbocycles. The van der Waals surface area contributed by atoms with Crippen LogP contribution in [0.25, 0.3) is 11.0 Å². The number of aromatic nitrogens is 3. The molecule has 1 atom stereocenters. The smallest absolute Gasteiger partial charge is 0.339 e. The first kappa shape index (κ1) is 19.1. The van der Waals surface area contributed by atoms with Crippen LogP contribution in [0.15, 0.2) is 48.5 Å². The molecule has 1 aromatic heterocycles. The molecule has 2 heterocycles. The molecular formula is C21H22N4O4. The van der Waals surface area contributed by atoms with Crippen molar-refractivity contribution in [3.8, 4) is 0 Å². The van der Waals surface area contributed by atoms with E-state index >= 15 is 0 Å². The maximum absolute atomic E-state index is 13.1. The van der Waals surface area contributed by atoms with Crippen LogP contribution in [-0.4, -0.2) is 58.1 Å². The van der Waals surface area contributed by atoms with Gasteiger partial charge in [0.15, 0.2) is 0 Å². The van der Waals surface area contributed by atoms with E-state index in [0.29, 0.717) is 49.5 Å². The third-order valence-corrected chi connectivity index (χ3v) is 4.92. The van der Waals surface area contributed by atoms with Crippen molar-refractivity contribution in [2.24, 2.45) is 0 Å². The molecule has 1 aliphatic rings. The number of fused-ring (bicyclic) bond motifs is 1. The van der Waals surface area contributed by atoms with Crippen molar-refractivity contribution in [3.63, 3.8) is 0 Å². The second kappa shape index (κ2) is 8.40. The number of morpholine rings is 1. The fourth-order valence-corrected chi connectivity index (χ4v) is 3.35. The molecule has 1 saturated heterocycles. The highest BCUT2D eigenvalue weighted by Gasteiger charge is 2.31. The maximum atomic E-state index is 13.1. The van der Waals surface area contributed by atoms with Crippen LogP contribution in [0.1, 0.15) is 28.9 Å². The molecule has 3 aromatic rings. The van der Waals surface area contributed by atoms with Crippen LogP contribution < -0.4 is 0 Å². The van der Waals surface area contributed by atoms with E-state index in [2.05, 4.69) is 10.3 Å². The lowest BCUT2D eigenvalue weighted by molar-refractivity contribution is -0.145. The number of aryl methyl sites for hydroxylation is 1. The zero-order chi connectivity index (χ0) is 20.2. The summed E-state index contributed by atoms with van der Waals surface area (Å²) in [6, 6.07) is 14.2. The Labute approximate surface area is 168 Å². The number of carbonyl (C=O) groups is 2. The predicted octanol–water partition coefficient (Wildman–Crippen LogP) is 2.21. The van der Waals surface area contributed by atoms with Gasteiger partial charge in [-0.1, -0.05) is 35.5 Å². The maximum Gasteiger partial charge on any atom is 0.339 e. The van der Waals surface area contributed by atoms with Crippen LogP contribution in [0.5, 0.6) is 0 Å². The minimum atomic E-state index is -1.01. The Balaban J connectivity index is 1.59. The van der Waals surface area contributed by atoms with Gasteiger partial charge in [0.1, 0.15) is 5.52 Å². The zero-order valence-corrected chi connectivity index (χ0v) is 16.2. The van der Waals surface area contributed by atoms with E-state index in [-0.39, 0.29) is 5.91 Å². The van der Waals surface area contributed by atoms with Gasteiger partial charge in [-0.25, -0.2) is 9.48 Å². The molecule has 1 fully saturated rings. The molecule has 0 spiro atoms. The zero-order valence-electron chi connectivity index (χ0n) is 16.2. The Morgan fingerprint density at radius 3 is 2.62 bits per heavy atom. The highest BCUT2D eigenvalue weighted by Crippen LogP contribution is 2.23. The van der Waals surface area contributed by atoms with Crippen molar-refractivity contribution >= 4 is 22.9 Å². The van der Waals surface area contributed by atoms with Gasteiger partial charge in [-0.3, -0.25) is 4.79 Å². The lowest BCUT2D eigenvalue weighted by Gasteiger charge is -2.30. The highest BCUT2D eigenvalue weighted by atomic mass is 16.5. The largest absolute Gasteiger partial charge is 0.444 e. The molecule has 0 saturated carbocycles.